The number of benzene rings is 3. The number of pyridine rings is 1. The monoisotopic (exact) mass is 579 g/mol. The number of sulfonamides is 1. The summed E-state index contributed by atoms with van der Waals surface area (Å²) in [7, 11) is -2.32. The van der Waals surface area contributed by atoms with Crippen LogP contribution in [0.1, 0.15) is 31.2 Å². The number of aryl methyl sites for hydroxylation is 1. The third-order valence-electron chi connectivity index (χ3n) is 7.10. The molecule has 0 aliphatic carbocycles. The van der Waals surface area contributed by atoms with Gasteiger partial charge in [0.05, 0.1) is 29.8 Å². The van der Waals surface area contributed by atoms with Gasteiger partial charge in [0.2, 0.25) is 0 Å². The molecule has 5 rings (SSSR count). The molecule has 1 aromatic heterocycles. The lowest BCUT2D eigenvalue weighted by molar-refractivity contribution is 0.203. The molecule has 1 N–H and O–H groups in total. The molecule has 0 bridgehead atoms. The van der Waals surface area contributed by atoms with Crippen molar-refractivity contribution in [1.82, 2.24) is 9.88 Å². The normalized spacial score (nSPS) is 14.1. The van der Waals surface area contributed by atoms with E-state index in [9.17, 15) is 8.42 Å². The van der Waals surface area contributed by atoms with E-state index in [0.717, 1.165) is 32.1 Å². The van der Waals surface area contributed by atoms with Crippen molar-refractivity contribution in [2.24, 2.45) is 0 Å². The van der Waals surface area contributed by atoms with Gasteiger partial charge in [-0.1, -0.05) is 24.6 Å². The van der Waals surface area contributed by atoms with Crippen LogP contribution in [-0.2, 0) is 10.0 Å². The van der Waals surface area contributed by atoms with Gasteiger partial charge in [0, 0.05) is 30.3 Å². The molecule has 0 atom stereocenters. The van der Waals surface area contributed by atoms with Crippen LogP contribution in [0, 0.1) is 12.7 Å². The maximum absolute atomic E-state index is 15.1. The maximum Gasteiger partial charge on any atom is 0.262 e. The SMILES string of the molecule is COc1cc2c(Oc3ccc(NS(=O)(=O)c4ccccc4C)cc3F)ccnc2cc1OCCCN1CCCCC1. The van der Waals surface area contributed by atoms with Crippen LogP contribution < -0.4 is 18.9 Å². The average molecular weight is 580 g/mol. The van der Waals surface area contributed by atoms with Crippen LogP contribution in [0.2, 0.25) is 0 Å². The fourth-order valence-corrected chi connectivity index (χ4v) is 6.27. The fraction of sp³-hybridized carbons (Fsp3) is 0.323. The number of aromatic nitrogens is 1. The molecule has 1 aliphatic rings. The summed E-state index contributed by atoms with van der Waals surface area (Å²) in [5.74, 6) is 0.695. The van der Waals surface area contributed by atoms with Crippen LogP contribution in [0.4, 0.5) is 10.1 Å². The van der Waals surface area contributed by atoms with Crippen molar-refractivity contribution in [3.8, 4) is 23.0 Å². The van der Waals surface area contributed by atoms with Gasteiger partial charge in [-0.25, -0.2) is 12.8 Å². The number of nitrogens with zero attached hydrogens (tertiary/aromatic N) is 2. The third-order valence-corrected chi connectivity index (χ3v) is 8.64. The standard InChI is InChI=1S/C31H34FN3O5S/c1-22-9-4-5-10-31(22)41(36,37)34-23-11-12-28(25(32)19-23)40-27-13-14-33-26-21-30(29(38-2)20-24(26)27)39-18-8-17-35-15-6-3-7-16-35/h4-5,9-14,19-21,34H,3,6-8,15-18H2,1-2H3. The second-order valence-electron chi connectivity index (χ2n) is 10.1. The number of likely N-dealkylation sites (tertiary alicyclic amines) is 1. The number of anilines is 1. The Morgan fingerprint density at radius 3 is 2.51 bits per heavy atom. The average Bonchev–Trinajstić information content (AvgIpc) is 2.97. The zero-order valence-corrected chi connectivity index (χ0v) is 24.0. The van der Waals surface area contributed by atoms with Crippen molar-refractivity contribution in [3.05, 3.63) is 78.2 Å². The van der Waals surface area contributed by atoms with Gasteiger partial charge in [-0.2, -0.15) is 0 Å². The van der Waals surface area contributed by atoms with Gasteiger partial charge in [0.25, 0.3) is 10.0 Å². The van der Waals surface area contributed by atoms with Crippen LogP contribution in [-0.4, -0.2) is 51.7 Å². The van der Waals surface area contributed by atoms with Gasteiger partial charge in [0.1, 0.15) is 5.75 Å². The molecule has 1 aliphatic heterocycles. The van der Waals surface area contributed by atoms with Crippen LogP contribution in [0.25, 0.3) is 10.9 Å². The Balaban J connectivity index is 1.30. The second-order valence-corrected chi connectivity index (χ2v) is 11.7. The Kier molecular flexibility index (Phi) is 8.90. The number of halogens is 1. The Morgan fingerprint density at radius 2 is 1.76 bits per heavy atom. The highest BCUT2D eigenvalue weighted by atomic mass is 32.2. The van der Waals surface area contributed by atoms with E-state index in [2.05, 4.69) is 14.6 Å². The summed E-state index contributed by atoms with van der Waals surface area (Å²) in [5.41, 5.74) is 1.28. The first-order valence-electron chi connectivity index (χ1n) is 13.7. The first kappa shape index (κ1) is 28.6. The summed E-state index contributed by atoms with van der Waals surface area (Å²) in [4.78, 5) is 7.04. The Morgan fingerprint density at radius 1 is 0.951 bits per heavy atom. The lowest BCUT2D eigenvalue weighted by atomic mass is 10.1. The van der Waals surface area contributed by atoms with E-state index < -0.39 is 15.8 Å². The van der Waals surface area contributed by atoms with Crippen molar-refractivity contribution >= 4 is 26.6 Å². The smallest absolute Gasteiger partial charge is 0.262 e. The molecule has 0 unspecified atom stereocenters. The van der Waals surface area contributed by atoms with E-state index in [4.69, 9.17) is 14.2 Å². The minimum absolute atomic E-state index is 0.0617. The molecule has 2 heterocycles. The first-order valence-corrected chi connectivity index (χ1v) is 15.2. The van der Waals surface area contributed by atoms with Gasteiger partial charge < -0.3 is 19.1 Å². The number of ether oxygens (including phenoxy) is 3. The van der Waals surface area contributed by atoms with Crippen molar-refractivity contribution in [2.45, 2.75) is 37.5 Å². The van der Waals surface area contributed by atoms with Crippen LogP contribution in [0.5, 0.6) is 23.0 Å². The van der Waals surface area contributed by atoms with E-state index >= 15 is 4.39 Å². The molecular formula is C31H34FN3O5S. The summed E-state index contributed by atoms with van der Waals surface area (Å²) in [5, 5.41) is 0.619. The molecular weight excluding hydrogens is 545 g/mol. The van der Waals surface area contributed by atoms with E-state index in [-0.39, 0.29) is 16.3 Å². The molecule has 0 saturated carbocycles. The zero-order valence-electron chi connectivity index (χ0n) is 23.2. The molecule has 0 spiro atoms. The topological polar surface area (TPSA) is 90.0 Å². The second kappa shape index (κ2) is 12.7. The summed E-state index contributed by atoms with van der Waals surface area (Å²) in [6, 6.07) is 15.7. The Labute approximate surface area is 240 Å². The number of hydrogen-bond donors (Lipinski definition) is 1. The van der Waals surface area contributed by atoms with Crippen molar-refractivity contribution in [3.63, 3.8) is 0 Å². The van der Waals surface area contributed by atoms with Crippen molar-refractivity contribution in [2.75, 3.05) is 38.1 Å². The number of fused-ring (bicyclic) bond motifs is 1. The lowest BCUT2D eigenvalue weighted by Gasteiger charge is -2.26. The highest BCUT2D eigenvalue weighted by Crippen LogP contribution is 2.38. The fourth-order valence-electron chi connectivity index (χ4n) is 4.98. The minimum atomic E-state index is -3.88. The number of hydrogen-bond acceptors (Lipinski definition) is 7. The van der Waals surface area contributed by atoms with Gasteiger partial charge in [0.15, 0.2) is 23.1 Å². The Hall–Kier alpha value is -3.89. The predicted octanol–water partition coefficient (Wildman–Crippen LogP) is 6.54. The van der Waals surface area contributed by atoms with Gasteiger partial charge in [-0.05, 0) is 75.2 Å². The van der Waals surface area contributed by atoms with Gasteiger partial charge in [-0.3, -0.25) is 9.71 Å². The summed E-state index contributed by atoms with van der Waals surface area (Å²) < 4.78 is 60.7. The minimum Gasteiger partial charge on any atom is -0.493 e. The largest absolute Gasteiger partial charge is 0.493 e. The van der Waals surface area contributed by atoms with E-state index in [1.165, 1.54) is 37.5 Å². The molecule has 41 heavy (non-hydrogen) atoms. The molecule has 0 amide bonds. The van der Waals surface area contributed by atoms with Crippen molar-refractivity contribution < 1.29 is 27.0 Å². The Bertz CT molecular complexity index is 1620. The highest BCUT2D eigenvalue weighted by Gasteiger charge is 2.18. The third kappa shape index (κ3) is 6.89. The van der Waals surface area contributed by atoms with E-state index in [0.29, 0.717) is 40.3 Å². The van der Waals surface area contributed by atoms with Gasteiger partial charge >= 0.3 is 0 Å². The van der Waals surface area contributed by atoms with Crippen LogP contribution in [0.3, 0.4) is 0 Å². The number of rotatable bonds is 11. The van der Waals surface area contributed by atoms with Crippen LogP contribution >= 0.6 is 0 Å². The first-order chi connectivity index (χ1) is 19.8. The quantitative estimate of drug-likeness (QED) is 0.202. The summed E-state index contributed by atoms with van der Waals surface area (Å²) >= 11 is 0. The number of methoxy groups -OCH3 is 1. The van der Waals surface area contributed by atoms with Crippen LogP contribution in [0.15, 0.2) is 71.8 Å². The molecule has 1 saturated heterocycles. The molecule has 1 fully saturated rings. The van der Waals surface area contributed by atoms with E-state index in [1.54, 1.807) is 56.6 Å². The maximum atomic E-state index is 15.1. The molecule has 4 aromatic rings. The number of nitrogens with one attached hydrogen (secondary N) is 1. The lowest BCUT2D eigenvalue weighted by Crippen LogP contribution is -2.31. The summed E-state index contributed by atoms with van der Waals surface area (Å²) in [6.07, 6.45) is 6.32. The molecule has 216 valence electrons. The van der Waals surface area contributed by atoms with Crippen molar-refractivity contribution in [1.29, 1.82) is 0 Å². The molecule has 10 heteroatoms. The molecule has 0 radical (unpaired) electrons. The molecule has 8 nitrogen and oxygen atoms in total. The highest BCUT2D eigenvalue weighted by molar-refractivity contribution is 7.92. The zero-order chi connectivity index (χ0) is 28.8. The summed E-state index contributed by atoms with van der Waals surface area (Å²) in [6.45, 7) is 5.56. The van der Waals surface area contributed by atoms with E-state index in [1.807, 2.05) is 0 Å². The van der Waals surface area contributed by atoms with Gasteiger partial charge in [-0.15, -0.1) is 0 Å². The molecule has 3 aromatic carbocycles. The predicted molar refractivity (Wildman–Crippen MR) is 157 cm³/mol. The number of piperidine rings is 1.